The van der Waals surface area contributed by atoms with Crippen molar-refractivity contribution < 1.29 is 22.7 Å². The summed E-state index contributed by atoms with van der Waals surface area (Å²) in [5.74, 6) is -0.739. The maximum atomic E-state index is 12.4. The number of ether oxygens (including phenoxy) is 1. The summed E-state index contributed by atoms with van der Waals surface area (Å²) < 4.78 is 41.7. The van der Waals surface area contributed by atoms with Gasteiger partial charge in [-0.3, -0.25) is 4.79 Å². The lowest BCUT2D eigenvalue weighted by molar-refractivity contribution is -0.139. The Bertz CT molecular complexity index is 555. The maximum absolute atomic E-state index is 12.4. The van der Waals surface area contributed by atoms with Gasteiger partial charge in [0, 0.05) is 10.8 Å². The molecule has 0 fully saturated rings. The summed E-state index contributed by atoms with van der Waals surface area (Å²) >= 11 is 5.28. The van der Waals surface area contributed by atoms with Gasteiger partial charge < -0.3 is 4.74 Å². The predicted molar refractivity (Wildman–Crippen MR) is 68.3 cm³/mol. The molecule has 0 saturated carbocycles. The van der Waals surface area contributed by atoms with E-state index in [1.165, 1.54) is 13.2 Å². The standard InChI is InChI=1S/C12H9ClF3NO2S/c1-19-11(18)4-7-2-8(5-13)10(3-9(7)6-17)20-12(14,15)16/h2-3H,4-5H2,1H3. The van der Waals surface area contributed by atoms with Crippen LogP contribution in [0.5, 0.6) is 0 Å². The van der Waals surface area contributed by atoms with Crippen LogP contribution in [0.2, 0.25) is 0 Å². The van der Waals surface area contributed by atoms with Gasteiger partial charge in [0.2, 0.25) is 0 Å². The number of methoxy groups -OCH3 is 1. The van der Waals surface area contributed by atoms with E-state index in [0.29, 0.717) is 5.56 Å². The molecule has 8 heteroatoms. The molecular formula is C12H9ClF3NO2S. The van der Waals surface area contributed by atoms with Crippen molar-refractivity contribution in [1.82, 2.24) is 0 Å². The van der Waals surface area contributed by atoms with E-state index in [-0.39, 0.29) is 40.1 Å². The number of nitrogens with zero attached hydrogens (tertiary/aromatic N) is 1. The van der Waals surface area contributed by atoms with Gasteiger partial charge >= 0.3 is 11.5 Å². The average molecular weight is 324 g/mol. The van der Waals surface area contributed by atoms with Crippen molar-refractivity contribution in [2.45, 2.75) is 22.7 Å². The van der Waals surface area contributed by atoms with E-state index in [1.54, 1.807) is 6.07 Å². The van der Waals surface area contributed by atoms with E-state index in [2.05, 4.69) is 4.74 Å². The summed E-state index contributed by atoms with van der Waals surface area (Å²) in [6.07, 6.45) is -0.194. The van der Waals surface area contributed by atoms with Crippen molar-refractivity contribution >= 4 is 29.3 Å². The van der Waals surface area contributed by atoms with Crippen LogP contribution in [0.4, 0.5) is 13.2 Å². The first-order valence-corrected chi connectivity index (χ1v) is 6.60. The Morgan fingerprint density at radius 3 is 2.55 bits per heavy atom. The van der Waals surface area contributed by atoms with Crippen LogP contribution in [-0.2, 0) is 21.8 Å². The molecule has 0 aliphatic heterocycles. The number of alkyl halides is 4. The van der Waals surface area contributed by atoms with E-state index in [4.69, 9.17) is 16.9 Å². The minimum atomic E-state index is -4.47. The van der Waals surface area contributed by atoms with Crippen molar-refractivity contribution in [3.05, 3.63) is 28.8 Å². The molecule has 0 aromatic heterocycles. The van der Waals surface area contributed by atoms with E-state index >= 15 is 0 Å². The molecule has 1 aromatic rings. The van der Waals surface area contributed by atoms with E-state index < -0.39 is 11.5 Å². The topological polar surface area (TPSA) is 50.1 Å². The molecule has 0 atom stereocenters. The Morgan fingerprint density at radius 2 is 2.10 bits per heavy atom. The summed E-state index contributed by atoms with van der Waals surface area (Å²) in [6.45, 7) is 0. The van der Waals surface area contributed by atoms with Crippen LogP contribution in [0.3, 0.4) is 0 Å². The molecule has 20 heavy (non-hydrogen) atoms. The summed E-state index contributed by atoms with van der Waals surface area (Å²) in [5, 5.41) is 8.96. The molecule has 0 aliphatic rings. The number of thioether (sulfide) groups is 1. The van der Waals surface area contributed by atoms with Crippen LogP contribution >= 0.6 is 23.4 Å². The molecule has 0 heterocycles. The van der Waals surface area contributed by atoms with Gasteiger partial charge in [-0.25, -0.2) is 0 Å². The number of rotatable bonds is 4. The first-order valence-electron chi connectivity index (χ1n) is 5.25. The second-order valence-corrected chi connectivity index (χ2v) is 5.04. The molecular weight excluding hydrogens is 315 g/mol. The second kappa shape index (κ2) is 6.86. The minimum Gasteiger partial charge on any atom is -0.469 e. The number of nitriles is 1. The number of benzene rings is 1. The lowest BCUT2D eigenvalue weighted by atomic mass is 10.0. The summed E-state index contributed by atoms with van der Waals surface area (Å²) in [6, 6.07) is 4.19. The lowest BCUT2D eigenvalue weighted by Gasteiger charge is -2.12. The largest absolute Gasteiger partial charge is 0.469 e. The normalized spacial score (nSPS) is 11.0. The van der Waals surface area contributed by atoms with Crippen molar-refractivity contribution in [3.63, 3.8) is 0 Å². The third-order valence-corrected chi connectivity index (χ3v) is 3.46. The first kappa shape index (κ1) is 16.7. The van der Waals surface area contributed by atoms with E-state index in [9.17, 15) is 18.0 Å². The highest BCUT2D eigenvalue weighted by Gasteiger charge is 2.31. The minimum absolute atomic E-state index is 0.00369. The van der Waals surface area contributed by atoms with Crippen LogP contribution in [0.1, 0.15) is 16.7 Å². The van der Waals surface area contributed by atoms with Crippen LogP contribution in [0, 0.1) is 11.3 Å². The smallest absolute Gasteiger partial charge is 0.446 e. The van der Waals surface area contributed by atoms with Gasteiger partial charge in [-0.2, -0.15) is 18.4 Å². The van der Waals surface area contributed by atoms with E-state index in [1.807, 2.05) is 0 Å². The van der Waals surface area contributed by atoms with Crippen LogP contribution in [0.15, 0.2) is 17.0 Å². The number of hydrogen-bond donors (Lipinski definition) is 0. The number of carbonyl (C=O) groups excluding carboxylic acids is 1. The van der Waals surface area contributed by atoms with Crippen molar-refractivity contribution in [1.29, 1.82) is 5.26 Å². The summed E-state index contributed by atoms with van der Waals surface area (Å²) in [4.78, 5) is 11.1. The Kier molecular flexibility index (Phi) is 5.72. The second-order valence-electron chi connectivity index (χ2n) is 3.66. The summed E-state index contributed by atoms with van der Waals surface area (Å²) in [7, 11) is 1.19. The SMILES string of the molecule is COC(=O)Cc1cc(CCl)c(SC(F)(F)F)cc1C#N. The van der Waals surface area contributed by atoms with Gasteiger partial charge in [0.05, 0.1) is 25.2 Å². The molecule has 0 bridgehead atoms. The summed E-state index contributed by atoms with van der Waals surface area (Å²) in [5.41, 5.74) is -3.97. The molecule has 0 radical (unpaired) electrons. The van der Waals surface area contributed by atoms with Gasteiger partial charge in [-0.05, 0) is 29.0 Å². The molecule has 0 amide bonds. The van der Waals surface area contributed by atoms with Crippen molar-refractivity contribution in [2.24, 2.45) is 0 Å². The van der Waals surface area contributed by atoms with Gasteiger partial charge in [0.25, 0.3) is 0 Å². The quantitative estimate of drug-likeness (QED) is 0.482. The zero-order valence-corrected chi connectivity index (χ0v) is 11.8. The van der Waals surface area contributed by atoms with Gasteiger partial charge in [0.1, 0.15) is 0 Å². The zero-order valence-electron chi connectivity index (χ0n) is 10.3. The van der Waals surface area contributed by atoms with Crippen LogP contribution in [-0.4, -0.2) is 18.6 Å². The fourth-order valence-corrected chi connectivity index (χ4v) is 2.47. The predicted octanol–water partition coefficient (Wildman–Crippen LogP) is 3.62. The monoisotopic (exact) mass is 323 g/mol. The molecule has 0 aliphatic carbocycles. The fourth-order valence-electron chi connectivity index (χ4n) is 1.48. The Labute approximate surface area is 122 Å². The number of carbonyl (C=O) groups is 1. The maximum Gasteiger partial charge on any atom is 0.446 e. The highest BCUT2D eigenvalue weighted by molar-refractivity contribution is 8.00. The third-order valence-electron chi connectivity index (χ3n) is 2.34. The fraction of sp³-hybridized carbons (Fsp3) is 0.333. The molecule has 0 unspecified atom stereocenters. The molecule has 0 spiro atoms. The first-order chi connectivity index (χ1) is 9.30. The highest BCUT2D eigenvalue weighted by atomic mass is 35.5. The highest BCUT2D eigenvalue weighted by Crippen LogP contribution is 2.40. The average Bonchev–Trinajstić information content (AvgIpc) is 2.37. The molecule has 1 aromatic carbocycles. The van der Waals surface area contributed by atoms with E-state index in [0.717, 1.165) is 6.07 Å². The third kappa shape index (κ3) is 4.62. The van der Waals surface area contributed by atoms with Crippen LogP contribution < -0.4 is 0 Å². The van der Waals surface area contributed by atoms with Crippen LogP contribution in [0.25, 0.3) is 0 Å². The Hall–Kier alpha value is -1.39. The van der Waals surface area contributed by atoms with Crippen molar-refractivity contribution in [3.8, 4) is 6.07 Å². The Balaban J connectivity index is 3.24. The molecule has 0 N–H and O–H groups in total. The number of esters is 1. The molecule has 3 nitrogen and oxygen atoms in total. The number of hydrogen-bond acceptors (Lipinski definition) is 4. The van der Waals surface area contributed by atoms with Gasteiger partial charge in [0.15, 0.2) is 0 Å². The molecule has 0 saturated heterocycles. The van der Waals surface area contributed by atoms with Crippen molar-refractivity contribution in [2.75, 3.05) is 7.11 Å². The molecule has 108 valence electrons. The van der Waals surface area contributed by atoms with Gasteiger partial charge in [-0.15, -0.1) is 11.6 Å². The Morgan fingerprint density at radius 1 is 1.45 bits per heavy atom. The lowest BCUT2D eigenvalue weighted by Crippen LogP contribution is -2.08. The molecule has 1 rings (SSSR count). The number of halogens is 4. The zero-order chi connectivity index (χ0) is 15.3. The van der Waals surface area contributed by atoms with Gasteiger partial charge in [-0.1, -0.05) is 6.07 Å².